The zero-order valence-corrected chi connectivity index (χ0v) is 11.5. The van der Waals surface area contributed by atoms with Crippen molar-refractivity contribution in [2.45, 2.75) is 26.4 Å². The van der Waals surface area contributed by atoms with Gasteiger partial charge < -0.3 is 10.1 Å². The first-order chi connectivity index (χ1) is 9.31. The minimum atomic E-state index is -0.0506. The average Bonchev–Trinajstić information content (AvgIpc) is 2.88. The van der Waals surface area contributed by atoms with E-state index in [2.05, 4.69) is 34.2 Å². The van der Waals surface area contributed by atoms with Gasteiger partial charge in [-0.25, -0.2) is 9.97 Å². The maximum Gasteiger partial charge on any atom is 0.161 e. The number of nitrogens with one attached hydrogen (secondary N) is 1. The van der Waals surface area contributed by atoms with E-state index in [-0.39, 0.29) is 6.04 Å². The predicted octanol–water partition coefficient (Wildman–Crippen LogP) is 1.40. The third-order valence-corrected chi connectivity index (χ3v) is 2.95. The lowest BCUT2D eigenvalue weighted by atomic mass is 10.1. The van der Waals surface area contributed by atoms with Crippen molar-refractivity contribution >= 4 is 0 Å². The van der Waals surface area contributed by atoms with Crippen LogP contribution in [0.2, 0.25) is 0 Å². The standard InChI is InChI=1S/C13H19N5O/c1-4-15-12(10-6-7-14-9-16-10)13-11(19-3)8-17-18(13)5-2/h6-9,12,15H,4-5H2,1-3H3. The van der Waals surface area contributed by atoms with Gasteiger partial charge in [-0.15, -0.1) is 0 Å². The Morgan fingerprint density at radius 3 is 2.84 bits per heavy atom. The van der Waals surface area contributed by atoms with Crippen LogP contribution in [0.15, 0.2) is 24.8 Å². The molecule has 0 amide bonds. The number of nitrogens with zero attached hydrogens (tertiary/aromatic N) is 4. The third-order valence-electron chi connectivity index (χ3n) is 2.95. The average molecular weight is 261 g/mol. The Bertz CT molecular complexity index is 490. The molecule has 0 bridgehead atoms. The Balaban J connectivity index is 2.47. The minimum absolute atomic E-state index is 0.0506. The summed E-state index contributed by atoms with van der Waals surface area (Å²) in [6.45, 7) is 5.73. The van der Waals surface area contributed by atoms with Crippen LogP contribution < -0.4 is 10.1 Å². The van der Waals surface area contributed by atoms with Gasteiger partial charge in [-0.1, -0.05) is 6.92 Å². The van der Waals surface area contributed by atoms with E-state index in [0.717, 1.165) is 30.2 Å². The highest BCUT2D eigenvalue weighted by Gasteiger charge is 2.23. The number of rotatable bonds is 6. The Labute approximate surface area is 112 Å². The van der Waals surface area contributed by atoms with Crippen LogP contribution in [0.25, 0.3) is 0 Å². The summed E-state index contributed by atoms with van der Waals surface area (Å²) in [4.78, 5) is 8.30. The van der Waals surface area contributed by atoms with Crippen LogP contribution in [-0.4, -0.2) is 33.4 Å². The molecule has 0 spiro atoms. The van der Waals surface area contributed by atoms with Crippen LogP contribution in [0.4, 0.5) is 0 Å². The van der Waals surface area contributed by atoms with Gasteiger partial charge in [0.2, 0.25) is 0 Å². The molecule has 0 radical (unpaired) electrons. The normalized spacial score (nSPS) is 12.4. The van der Waals surface area contributed by atoms with E-state index < -0.39 is 0 Å². The summed E-state index contributed by atoms with van der Waals surface area (Å²) in [7, 11) is 1.66. The molecular formula is C13H19N5O. The van der Waals surface area contributed by atoms with Crippen molar-refractivity contribution in [1.82, 2.24) is 25.1 Å². The molecule has 1 unspecified atom stereocenters. The summed E-state index contributed by atoms with van der Waals surface area (Å²) in [6.07, 6.45) is 5.04. The van der Waals surface area contributed by atoms with Crippen molar-refractivity contribution in [2.75, 3.05) is 13.7 Å². The van der Waals surface area contributed by atoms with Gasteiger partial charge in [0.15, 0.2) is 5.75 Å². The Kier molecular flexibility index (Phi) is 4.46. The Morgan fingerprint density at radius 1 is 1.42 bits per heavy atom. The van der Waals surface area contributed by atoms with Gasteiger partial charge >= 0.3 is 0 Å². The molecule has 2 aromatic rings. The molecule has 2 aromatic heterocycles. The fourth-order valence-electron chi connectivity index (χ4n) is 2.10. The second-order valence-electron chi connectivity index (χ2n) is 4.04. The number of hydrogen-bond donors (Lipinski definition) is 1. The lowest BCUT2D eigenvalue weighted by Crippen LogP contribution is -2.26. The van der Waals surface area contributed by atoms with Gasteiger partial charge in [0.05, 0.1) is 25.0 Å². The van der Waals surface area contributed by atoms with Crippen molar-refractivity contribution in [3.63, 3.8) is 0 Å². The fourth-order valence-corrected chi connectivity index (χ4v) is 2.10. The second-order valence-corrected chi connectivity index (χ2v) is 4.04. The lowest BCUT2D eigenvalue weighted by molar-refractivity contribution is 0.398. The van der Waals surface area contributed by atoms with E-state index in [1.165, 1.54) is 0 Å². The quantitative estimate of drug-likeness (QED) is 0.851. The van der Waals surface area contributed by atoms with Crippen LogP contribution in [0.1, 0.15) is 31.3 Å². The first kappa shape index (κ1) is 13.5. The highest BCUT2D eigenvalue weighted by Crippen LogP contribution is 2.28. The van der Waals surface area contributed by atoms with Crippen LogP contribution >= 0.6 is 0 Å². The summed E-state index contributed by atoms with van der Waals surface area (Å²) in [5.41, 5.74) is 1.90. The van der Waals surface area contributed by atoms with Gasteiger partial charge in [-0.05, 0) is 19.5 Å². The molecule has 6 heteroatoms. The molecule has 0 saturated heterocycles. The van der Waals surface area contributed by atoms with E-state index >= 15 is 0 Å². The second kappa shape index (κ2) is 6.29. The van der Waals surface area contributed by atoms with Gasteiger partial charge in [0, 0.05) is 12.7 Å². The molecule has 2 rings (SSSR count). The zero-order valence-electron chi connectivity index (χ0n) is 11.5. The number of ether oxygens (including phenoxy) is 1. The first-order valence-electron chi connectivity index (χ1n) is 6.40. The Morgan fingerprint density at radius 2 is 2.26 bits per heavy atom. The van der Waals surface area contributed by atoms with Gasteiger partial charge in [-0.3, -0.25) is 4.68 Å². The van der Waals surface area contributed by atoms with Gasteiger partial charge in [0.1, 0.15) is 12.0 Å². The van der Waals surface area contributed by atoms with E-state index in [4.69, 9.17) is 4.74 Å². The maximum absolute atomic E-state index is 5.41. The minimum Gasteiger partial charge on any atom is -0.493 e. The SMILES string of the molecule is CCNC(c1ccncn1)c1c(OC)cnn1CC. The molecule has 0 aliphatic carbocycles. The molecule has 1 atom stereocenters. The Hall–Kier alpha value is -1.95. The van der Waals surface area contributed by atoms with Crippen molar-refractivity contribution in [2.24, 2.45) is 0 Å². The molecule has 0 aliphatic rings. The zero-order chi connectivity index (χ0) is 13.7. The van der Waals surface area contributed by atoms with Crippen LogP contribution in [0.5, 0.6) is 5.75 Å². The number of hydrogen-bond acceptors (Lipinski definition) is 5. The highest BCUT2D eigenvalue weighted by atomic mass is 16.5. The number of methoxy groups -OCH3 is 1. The van der Waals surface area contributed by atoms with E-state index in [9.17, 15) is 0 Å². The number of aryl methyl sites for hydroxylation is 1. The summed E-state index contributed by atoms with van der Waals surface area (Å²) >= 11 is 0. The van der Waals surface area contributed by atoms with E-state index in [0.29, 0.717) is 0 Å². The maximum atomic E-state index is 5.41. The molecule has 0 aliphatic heterocycles. The van der Waals surface area contributed by atoms with Gasteiger partial charge in [0.25, 0.3) is 0 Å². The summed E-state index contributed by atoms with van der Waals surface area (Å²) in [5.74, 6) is 0.770. The monoisotopic (exact) mass is 261 g/mol. The molecule has 0 fully saturated rings. The van der Waals surface area contributed by atoms with Crippen molar-refractivity contribution in [1.29, 1.82) is 0 Å². The smallest absolute Gasteiger partial charge is 0.161 e. The van der Waals surface area contributed by atoms with Crippen LogP contribution in [0, 0.1) is 0 Å². The van der Waals surface area contributed by atoms with Crippen molar-refractivity contribution < 1.29 is 4.74 Å². The third kappa shape index (κ3) is 2.73. The molecule has 2 heterocycles. The van der Waals surface area contributed by atoms with Crippen molar-refractivity contribution in [3.8, 4) is 5.75 Å². The highest BCUT2D eigenvalue weighted by molar-refractivity contribution is 5.33. The molecule has 0 aromatic carbocycles. The summed E-state index contributed by atoms with van der Waals surface area (Å²) in [6, 6.07) is 1.85. The van der Waals surface area contributed by atoms with E-state index in [1.807, 2.05) is 10.7 Å². The molecule has 1 N–H and O–H groups in total. The first-order valence-corrected chi connectivity index (χ1v) is 6.40. The van der Waals surface area contributed by atoms with Crippen LogP contribution in [-0.2, 0) is 6.54 Å². The summed E-state index contributed by atoms with van der Waals surface area (Å²) < 4.78 is 7.33. The fraction of sp³-hybridized carbons (Fsp3) is 0.462. The number of aromatic nitrogens is 4. The predicted molar refractivity (Wildman–Crippen MR) is 72.0 cm³/mol. The van der Waals surface area contributed by atoms with Crippen LogP contribution in [0.3, 0.4) is 0 Å². The largest absolute Gasteiger partial charge is 0.493 e. The topological polar surface area (TPSA) is 64.9 Å². The molecule has 102 valence electrons. The van der Waals surface area contributed by atoms with E-state index in [1.54, 1.807) is 25.8 Å². The molecule has 19 heavy (non-hydrogen) atoms. The summed E-state index contributed by atoms with van der Waals surface area (Å²) in [5, 5.41) is 7.76. The molecule has 6 nitrogen and oxygen atoms in total. The molecule has 0 saturated carbocycles. The molecular weight excluding hydrogens is 242 g/mol. The van der Waals surface area contributed by atoms with Crippen molar-refractivity contribution in [3.05, 3.63) is 36.2 Å². The lowest BCUT2D eigenvalue weighted by Gasteiger charge is -2.19. The van der Waals surface area contributed by atoms with Gasteiger partial charge in [-0.2, -0.15) is 5.10 Å².